The standard InChI is InChI=1S/C16H21NO2.C2H6/c1-2-3-13-19-16(18)17-11-9-15(10-12-17)14-7-5-4-6-8-14;1-2/h4-9H,2-3,10-13H2,1H3;1-2H3. The highest BCUT2D eigenvalue weighted by atomic mass is 16.6. The van der Waals surface area contributed by atoms with Gasteiger partial charge in [-0.25, -0.2) is 4.79 Å². The molecule has 21 heavy (non-hydrogen) atoms. The number of hydrogen-bond donors (Lipinski definition) is 0. The average molecular weight is 289 g/mol. The van der Waals surface area contributed by atoms with Gasteiger partial charge >= 0.3 is 6.09 Å². The summed E-state index contributed by atoms with van der Waals surface area (Å²) in [5, 5.41) is 0. The van der Waals surface area contributed by atoms with Crippen molar-refractivity contribution in [3.05, 3.63) is 42.0 Å². The lowest BCUT2D eigenvalue weighted by molar-refractivity contribution is 0.105. The topological polar surface area (TPSA) is 29.5 Å². The fraction of sp³-hybridized carbons (Fsp3) is 0.500. The van der Waals surface area contributed by atoms with E-state index in [1.807, 2.05) is 32.0 Å². The third-order valence-electron chi connectivity index (χ3n) is 3.34. The Morgan fingerprint density at radius 2 is 1.95 bits per heavy atom. The van der Waals surface area contributed by atoms with Gasteiger partial charge < -0.3 is 9.64 Å². The number of benzene rings is 1. The van der Waals surface area contributed by atoms with Gasteiger partial charge in [-0.3, -0.25) is 0 Å². The first-order chi connectivity index (χ1) is 10.3. The Kier molecular flexibility index (Phi) is 8.25. The molecule has 0 saturated heterocycles. The summed E-state index contributed by atoms with van der Waals surface area (Å²) >= 11 is 0. The highest BCUT2D eigenvalue weighted by Crippen LogP contribution is 2.22. The van der Waals surface area contributed by atoms with Crippen LogP contribution in [0.5, 0.6) is 0 Å². The SMILES string of the molecule is CC.CCCCOC(=O)N1CC=C(c2ccccc2)CC1. The van der Waals surface area contributed by atoms with Crippen LogP contribution in [0.25, 0.3) is 5.57 Å². The van der Waals surface area contributed by atoms with Gasteiger partial charge in [0.2, 0.25) is 0 Å². The Morgan fingerprint density at radius 1 is 1.24 bits per heavy atom. The van der Waals surface area contributed by atoms with Gasteiger partial charge in [-0.15, -0.1) is 0 Å². The lowest BCUT2D eigenvalue weighted by Gasteiger charge is -2.26. The minimum absolute atomic E-state index is 0.184. The molecule has 1 aromatic rings. The molecular formula is C18H27NO2. The zero-order valence-electron chi connectivity index (χ0n) is 13.5. The molecule has 0 aliphatic carbocycles. The Balaban J connectivity index is 0.00000106. The summed E-state index contributed by atoms with van der Waals surface area (Å²) in [4.78, 5) is 13.6. The van der Waals surface area contributed by atoms with Crippen LogP contribution in [0.3, 0.4) is 0 Å². The van der Waals surface area contributed by atoms with Crippen molar-refractivity contribution in [2.24, 2.45) is 0 Å². The fourth-order valence-electron chi connectivity index (χ4n) is 2.14. The summed E-state index contributed by atoms with van der Waals surface area (Å²) < 4.78 is 5.22. The van der Waals surface area contributed by atoms with Gasteiger partial charge in [0.25, 0.3) is 0 Å². The Labute approximate surface area is 128 Å². The number of hydrogen-bond acceptors (Lipinski definition) is 2. The Morgan fingerprint density at radius 3 is 2.52 bits per heavy atom. The van der Waals surface area contributed by atoms with Crippen LogP contribution in [0.4, 0.5) is 4.79 Å². The summed E-state index contributed by atoms with van der Waals surface area (Å²) in [6, 6.07) is 10.3. The molecule has 0 aromatic heterocycles. The van der Waals surface area contributed by atoms with Crippen molar-refractivity contribution >= 4 is 11.7 Å². The molecule has 1 amide bonds. The molecule has 0 N–H and O–H groups in total. The monoisotopic (exact) mass is 289 g/mol. The molecule has 0 spiro atoms. The van der Waals surface area contributed by atoms with E-state index < -0.39 is 0 Å². The highest BCUT2D eigenvalue weighted by Gasteiger charge is 2.18. The van der Waals surface area contributed by atoms with Crippen molar-refractivity contribution in [1.82, 2.24) is 4.90 Å². The lowest BCUT2D eigenvalue weighted by atomic mass is 10.00. The van der Waals surface area contributed by atoms with Crippen molar-refractivity contribution in [2.75, 3.05) is 19.7 Å². The molecule has 1 aliphatic heterocycles. The lowest BCUT2D eigenvalue weighted by Crippen LogP contribution is -2.35. The van der Waals surface area contributed by atoms with Gasteiger partial charge in [0.1, 0.15) is 0 Å². The second-order valence-corrected chi connectivity index (χ2v) is 4.76. The number of amides is 1. The highest BCUT2D eigenvalue weighted by molar-refractivity contribution is 5.72. The molecule has 2 rings (SSSR count). The summed E-state index contributed by atoms with van der Waals surface area (Å²) in [7, 11) is 0. The number of rotatable bonds is 4. The number of carbonyl (C=O) groups excluding carboxylic acids is 1. The molecule has 0 fully saturated rings. The second kappa shape index (κ2) is 10.0. The zero-order valence-corrected chi connectivity index (χ0v) is 13.5. The number of unbranched alkanes of at least 4 members (excludes halogenated alkanes) is 1. The van der Waals surface area contributed by atoms with Crippen LogP contribution in [0.1, 0.15) is 45.6 Å². The fourth-order valence-corrected chi connectivity index (χ4v) is 2.14. The van der Waals surface area contributed by atoms with E-state index in [1.165, 1.54) is 11.1 Å². The first-order valence-electron chi connectivity index (χ1n) is 7.97. The van der Waals surface area contributed by atoms with Gasteiger partial charge in [-0.1, -0.05) is 63.6 Å². The maximum atomic E-state index is 11.8. The van der Waals surface area contributed by atoms with Crippen molar-refractivity contribution in [2.45, 2.75) is 40.0 Å². The molecule has 0 atom stereocenters. The van der Waals surface area contributed by atoms with Gasteiger partial charge in [0.15, 0.2) is 0 Å². The van der Waals surface area contributed by atoms with E-state index >= 15 is 0 Å². The predicted molar refractivity (Wildman–Crippen MR) is 88.2 cm³/mol. The number of nitrogens with zero attached hydrogens (tertiary/aromatic N) is 1. The third kappa shape index (κ3) is 5.62. The van der Waals surface area contributed by atoms with Crippen molar-refractivity contribution in [3.8, 4) is 0 Å². The quantitative estimate of drug-likeness (QED) is 0.749. The van der Waals surface area contributed by atoms with E-state index in [2.05, 4.69) is 25.1 Å². The van der Waals surface area contributed by atoms with E-state index in [0.29, 0.717) is 13.2 Å². The van der Waals surface area contributed by atoms with Crippen LogP contribution in [0.15, 0.2) is 36.4 Å². The maximum Gasteiger partial charge on any atom is 0.410 e. The largest absolute Gasteiger partial charge is 0.449 e. The first kappa shape index (κ1) is 17.3. The predicted octanol–water partition coefficient (Wildman–Crippen LogP) is 4.74. The van der Waals surface area contributed by atoms with E-state index in [0.717, 1.165) is 25.8 Å². The van der Waals surface area contributed by atoms with Crippen LogP contribution < -0.4 is 0 Å². The van der Waals surface area contributed by atoms with E-state index in [1.54, 1.807) is 4.90 Å². The minimum atomic E-state index is -0.184. The van der Waals surface area contributed by atoms with E-state index in [-0.39, 0.29) is 6.09 Å². The summed E-state index contributed by atoms with van der Waals surface area (Å²) in [5.41, 5.74) is 2.57. The van der Waals surface area contributed by atoms with Gasteiger partial charge in [0, 0.05) is 13.1 Å². The molecule has 0 bridgehead atoms. The summed E-state index contributed by atoms with van der Waals surface area (Å²) in [6.07, 6.45) is 4.82. The molecule has 0 radical (unpaired) electrons. The van der Waals surface area contributed by atoms with Crippen LogP contribution in [0.2, 0.25) is 0 Å². The average Bonchev–Trinajstić information content (AvgIpc) is 2.58. The van der Waals surface area contributed by atoms with Crippen LogP contribution >= 0.6 is 0 Å². The van der Waals surface area contributed by atoms with E-state index in [4.69, 9.17) is 4.74 Å². The van der Waals surface area contributed by atoms with Gasteiger partial charge in [0.05, 0.1) is 6.61 Å². The van der Waals surface area contributed by atoms with Crippen LogP contribution in [-0.4, -0.2) is 30.7 Å². The molecule has 1 heterocycles. The Bertz CT molecular complexity index is 440. The normalized spacial score (nSPS) is 13.9. The second-order valence-electron chi connectivity index (χ2n) is 4.76. The van der Waals surface area contributed by atoms with Crippen LogP contribution in [-0.2, 0) is 4.74 Å². The Hall–Kier alpha value is -1.77. The summed E-state index contributed by atoms with van der Waals surface area (Å²) in [6.45, 7) is 8.01. The van der Waals surface area contributed by atoms with Gasteiger partial charge in [-0.2, -0.15) is 0 Å². The van der Waals surface area contributed by atoms with Crippen molar-refractivity contribution in [1.29, 1.82) is 0 Å². The number of carbonyl (C=O) groups is 1. The minimum Gasteiger partial charge on any atom is -0.449 e. The van der Waals surface area contributed by atoms with Gasteiger partial charge in [-0.05, 0) is 24.0 Å². The molecule has 3 heteroatoms. The molecular weight excluding hydrogens is 262 g/mol. The third-order valence-corrected chi connectivity index (χ3v) is 3.34. The molecule has 1 aliphatic rings. The zero-order chi connectivity index (χ0) is 15.5. The van der Waals surface area contributed by atoms with Crippen molar-refractivity contribution < 1.29 is 9.53 Å². The van der Waals surface area contributed by atoms with E-state index in [9.17, 15) is 4.79 Å². The van der Waals surface area contributed by atoms with Crippen LogP contribution in [0, 0.1) is 0 Å². The number of ether oxygens (including phenoxy) is 1. The smallest absolute Gasteiger partial charge is 0.410 e. The first-order valence-corrected chi connectivity index (χ1v) is 7.97. The molecule has 1 aromatic carbocycles. The summed E-state index contributed by atoms with van der Waals surface area (Å²) in [5.74, 6) is 0. The van der Waals surface area contributed by atoms with Crippen molar-refractivity contribution in [3.63, 3.8) is 0 Å². The molecule has 0 unspecified atom stereocenters. The maximum absolute atomic E-state index is 11.8. The molecule has 3 nitrogen and oxygen atoms in total. The molecule has 0 saturated carbocycles. The molecule has 116 valence electrons.